The molecule has 0 saturated heterocycles. The number of hydrogen-bond donors (Lipinski definition) is 0. The summed E-state index contributed by atoms with van der Waals surface area (Å²) in [5.41, 5.74) is 1.76. The van der Waals surface area contributed by atoms with E-state index in [1.807, 2.05) is 79.9 Å². The minimum atomic E-state index is -0.179. The molecule has 0 spiro atoms. The van der Waals surface area contributed by atoms with E-state index in [0.717, 1.165) is 28.0 Å². The fraction of sp³-hybridized carbons (Fsp3) is 0.273. The molecule has 0 aliphatic rings. The van der Waals surface area contributed by atoms with E-state index in [0.29, 0.717) is 17.5 Å². The van der Waals surface area contributed by atoms with Gasteiger partial charge in [0, 0.05) is 16.7 Å². The van der Waals surface area contributed by atoms with Gasteiger partial charge in [0.2, 0.25) is 5.89 Å². The Bertz CT molecular complexity index is 1110. The van der Waals surface area contributed by atoms with Crippen LogP contribution in [-0.4, -0.2) is 32.0 Å². The molecule has 2 aromatic heterocycles. The normalized spacial score (nSPS) is 11.6. The van der Waals surface area contributed by atoms with E-state index < -0.39 is 0 Å². The molecule has 30 heavy (non-hydrogen) atoms. The third kappa shape index (κ3) is 4.23. The lowest BCUT2D eigenvalue weighted by atomic mass is 9.97. The van der Waals surface area contributed by atoms with Crippen LogP contribution >= 0.6 is 11.8 Å². The van der Waals surface area contributed by atoms with Gasteiger partial charge in [0.1, 0.15) is 5.75 Å². The fourth-order valence-corrected chi connectivity index (χ4v) is 3.64. The van der Waals surface area contributed by atoms with E-state index in [1.165, 1.54) is 11.8 Å². The lowest BCUT2D eigenvalue weighted by Gasteiger charge is -2.10. The maximum Gasteiger partial charge on any atom is 0.232 e. The highest BCUT2D eigenvalue weighted by Gasteiger charge is 2.22. The highest BCUT2D eigenvalue weighted by Crippen LogP contribution is 2.30. The van der Waals surface area contributed by atoms with Crippen molar-refractivity contribution in [2.75, 3.05) is 7.11 Å². The molecule has 0 atom stereocenters. The molecule has 154 valence electrons. The molecule has 8 heteroatoms. The largest absolute Gasteiger partial charge is 0.497 e. The highest BCUT2D eigenvalue weighted by molar-refractivity contribution is 7.98. The Morgan fingerprint density at radius 3 is 2.37 bits per heavy atom. The summed E-state index contributed by atoms with van der Waals surface area (Å²) in [5, 5.41) is 13.8. The van der Waals surface area contributed by atoms with Crippen LogP contribution in [0.3, 0.4) is 0 Å². The second-order valence-corrected chi connectivity index (χ2v) is 8.70. The summed E-state index contributed by atoms with van der Waals surface area (Å²) in [6.07, 6.45) is 0. The molecule has 0 fully saturated rings. The van der Waals surface area contributed by atoms with Gasteiger partial charge in [0.15, 0.2) is 16.8 Å². The quantitative estimate of drug-likeness (QED) is 0.409. The number of rotatable bonds is 6. The average molecular weight is 422 g/mol. The van der Waals surface area contributed by atoms with Crippen LogP contribution in [0.15, 0.2) is 64.3 Å². The van der Waals surface area contributed by atoms with Gasteiger partial charge in [0.05, 0.1) is 12.9 Å². The van der Waals surface area contributed by atoms with Crippen molar-refractivity contribution in [1.29, 1.82) is 0 Å². The zero-order chi connectivity index (χ0) is 21.1. The van der Waals surface area contributed by atoms with E-state index >= 15 is 0 Å². The predicted molar refractivity (Wildman–Crippen MR) is 116 cm³/mol. The standard InChI is InChI=1S/C22H23N5O2S/c1-22(2,3)20-23-18(26-29-20)14-30-21-25-24-19(15-10-12-17(28-4)13-11-15)27(21)16-8-6-5-7-9-16/h5-13H,14H2,1-4H3. The average Bonchev–Trinajstić information content (AvgIpc) is 3.40. The number of para-hydroxylation sites is 1. The van der Waals surface area contributed by atoms with E-state index in [4.69, 9.17) is 9.26 Å². The molecule has 0 saturated carbocycles. The molecule has 0 radical (unpaired) electrons. The Morgan fingerprint density at radius 2 is 1.73 bits per heavy atom. The number of ether oxygens (including phenoxy) is 1. The minimum Gasteiger partial charge on any atom is -0.497 e. The number of hydrogen-bond acceptors (Lipinski definition) is 7. The van der Waals surface area contributed by atoms with E-state index in [2.05, 4.69) is 20.3 Å². The van der Waals surface area contributed by atoms with Crippen molar-refractivity contribution in [2.24, 2.45) is 0 Å². The second-order valence-electron chi connectivity index (χ2n) is 7.76. The first-order valence-electron chi connectivity index (χ1n) is 9.57. The van der Waals surface area contributed by atoms with Gasteiger partial charge in [0.25, 0.3) is 0 Å². The van der Waals surface area contributed by atoms with E-state index in [9.17, 15) is 0 Å². The van der Waals surface area contributed by atoms with E-state index in [-0.39, 0.29) is 5.41 Å². The van der Waals surface area contributed by atoms with Gasteiger partial charge in [-0.2, -0.15) is 4.98 Å². The SMILES string of the molecule is COc1ccc(-c2nnc(SCc3noc(C(C)(C)C)n3)n2-c2ccccc2)cc1. The van der Waals surface area contributed by atoms with Crippen LogP contribution in [-0.2, 0) is 11.2 Å². The van der Waals surface area contributed by atoms with Crippen LogP contribution in [0.2, 0.25) is 0 Å². The lowest BCUT2D eigenvalue weighted by Crippen LogP contribution is -2.11. The Hall–Kier alpha value is -3.13. The van der Waals surface area contributed by atoms with E-state index in [1.54, 1.807) is 7.11 Å². The zero-order valence-corrected chi connectivity index (χ0v) is 18.2. The van der Waals surface area contributed by atoms with Gasteiger partial charge in [-0.05, 0) is 36.4 Å². The first-order valence-corrected chi connectivity index (χ1v) is 10.6. The molecule has 0 aliphatic carbocycles. The molecule has 4 aromatic rings. The van der Waals surface area contributed by atoms with Crippen LogP contribution in [0.5, 0.6) is 5.75 Å². The van der Waals surface area contributed by atoms with Crippen LogP contribution < -0.4 is 4.74 Å². The number of benzene rings is 2. The maximum atomic E-state index is 5.40. The summed E-state index contributed by atoms with van der Waals surface area (Å²) in [6, 6.07) is 17.8. The van der Waals surface area contributed by atoms with Crippen molar-refractivity contribution in [2.45, 2.75) is 37.1 Å². The highest BCUT2D eigenvalue weighted by atomic mass is 32.2. The lowest BCUT2D eigenvalue weighted by molar-refractivity contribution is 0.319. The molecule has 2 heterocycles. The van der Waals surface area contributed by atoms with Crippen LogP contribution in [0.4, 0.5) is 0 Å². The Labute approximate surface area is 179 Å². The summed E-state index contributed by atoms with van der Waals surface area (Å²) in [4.78, 5) is 4.51. The molecule has 0 amide bonds. The van der Waals surface area contributed by atoms with Crippen molar-refractivity contribution in [3.63, 3.8) is 0 Å². The third-order valence-electron chi connectivity index (χ3n) is 4.44. The number of nitrogens with zero attached hydrogens (tertiary/aromatic N) is 5. The van der Waals surface area contributed by atoms with Gasteiger partial charge in [-0.1, -0.05) is 55.9 Å². The molecule has 0 N–H and O–H groups in total. The van der Waals surface area contributed by atoms with Crippen molar-refractivity contribution >= 4 is 11.8 Å². The monoisotopic (exact) mass is 421 g/mol. The van der Waals surface area contributed by atoms with Gasteiger partial charge >= 0.3 is 0 Å². The number of methoxy groups -OCH3 is 1. The van der Waals surface area contributed by atoms with Crippen molar-refractivity contribution in [3.8, 4) is 22.8 Å². The maximum absolute atomic E-state index is 5.40. The second kappa shape index (κ2) is 8.31. The Balaban J connectivity index is 1.66. The summed E-state index contributed by atoms with van der Waals surface area (Å²) >= 11 is 1.52. The summed E-state index contributed by atoms with van der Waals surface area (Å²) < 4.78 is 12.7. The molecular weight excluding hydrogens is 398 g/mol. The Morgan fingerprint density at radius 1 is 1.00 bits per heavy atom. The molecule has 0 aliphatic heterocycles. The zero-order valence-electron chi connectivity index (χ0n) is 17.4. The molecule has 7 nitrogen and oxygen atoms in total. The van der Waals surface area contributed by atoms with Gasteiger partial charge in [-0.3, -0.25) is 4.57 Å². The Kier molecular flexibility index (Phi) is 5.59. The van der Waals surface area contributed by atoms with Gasteiger partial charge in [-0.15, -0.1) is 10.2 Å². The van der Waals surface area contributed by atoms with Crippen molar-refractivity contribution in [3.05, 3.63) is 66.3 Å². The fourth-order valence-electron chi connectivity index (χ4n) is 2.85. The molecule has 0 unspecified atom stereocenters. The summed E-state index contributed by atoms with van der Waals surface area (Å²) in [6.45, 7) is 6.14. The van der Waals surface area contributed by atoms with Crippen LogP contribution in [0.25, 0.3) is 17.1 Å². The smallest absolute Gasteiger partial charge is 0.232 e. The molecular formula is C22H23N5O2S. The molecule has 0 bridgehead atoms. The summed E-state index contributed by atoms with van der Waals surface area (Å²) in [7, 11) is 1.65. The predicted octanol–water partition coefficient (Wildman–Crippen LogP) is 4.92. The first kappa shape index (κ1) is 20.2. The van der Waals surface area contributed by atoms with Crippen LogP contribution in [0.1, 0.15) is 32.5 Å². The van der Waals surface area contributed by atoms with Crippen molar-refractivity contribution < 1.29 is 9.26 Å². The van der Waals surface area contributed by atoms with Gasteiger partial charge in [-0.25, -0.2) is 0 Å². The summed E-state index contributed by atoms with van der Waals surface area (Å²) in [5.74, 6) is 3.36. The third-order valence-corrected chi connectivity index (χ3v) is 5.36. The minimum absolute atomic E-state index is 0.179. The first-order chi connectivity index (χ1) is 14.5. The van der Waals surface area contributed by atoms with Crippen LogP contribution in [0, 0.1) is 0 Å². The number of aromatic nitrogens is 5. The molecule has 2 aromatic carbocycles. The topological polar surface area (TPSA) is 78.9 Å². The van der Waals surface area contributed by atoms with Gasteiger partial charge < -0.3 is 9.26 Å². The number of thioether (sulfide) groups is 1. The molecule has 4 rings (SSSR count). The van der Waals surface area contributed by atoms with Crippen molar-refractivity contribution in [1.82, 2.24) is 24.9 Å².